The maximum Gasteiger partial charge on any atom is 0.323 e. The van der Waals surface area contributed by atoms with Gasteiger partial charge in [0, 0.05) is 32.1 Å². The molecular weight excluding hydrogens is 638 g/mol. The fourth-order valence-corrected chi connectivity index (χ4v) is 6.22. The van der Waals surface area contributed by atoms with Crippen LogP contribution in [0, 0.1) is 0 Å². The van der Waals surface area contributed by atoms with E-state index in [9.17, 15) is 29.1 Å². The van der Waals surface area contributed by atoms with Gasteiger partial charge in [-0.2, -0.15) is 0 Å². The first-order chi connectivity index (χ1) is 23.9. The lowest BCUT2D eigenvalue weighted by atomic mass is 9.88. The molecular formula is C37H55N7O6. The van der Waals surface area contributed by atoms with Crippen molar-refractivity contribution >= 4 is 29.6 Å². The van der Waals surface area contributed by atoms with Gasteiger partial charge in [0.25, 0.3) is 0 Å². The third kappa shape index (κ3) is 11.9. The van der Waals surface area contributed by atoms with E-state index in [-0.39, 0.29) is 69.2 Å². The average Bonchev–Trinajstić information content (AvgIpc) is 3.10. The summed E-state index contributed by atoms with van der Waals surface area (Å²) in [4.78, 5) is 68.9. The second-order valence-electron chi connectivity index (χ2n) is 13.5. The van der Waals surface area contributed by atoms with Crippen molar-refractivity contribution in [1.29, 1.82) is 0 Å². The molecule has 1 aliphatic rings. The van der Waals surface area contributed by atoms with Crippen LogP contribution in [-0.2, 0) is 30.4 Å². The number of hydrogen-bond acceptors (Lipinski definition) is 8. The largest absolute Gasteiger partial charge is 0.480 e. The summed E-state index contributed by atoms with van der Waals surface area (Å²) >= 11 is 0. The SMILES string of the molecule is CC(C)N(C(=O)CNC(=O)[C@@H](Cc1ccccc1)NC(=O)CNC[C@H](C)c1ccccc1)C(CCCCN)C(=O)N1CCC(N)(C(=O)O)CC1. The minimum Gasteiger partial charge on any atom is -0.480 e. The van der Waals surface area contributed by atoms with Gasteiger partial charge in [0.1, 0.15) is 17.6 Å². The van der Waals surface area contributed by atoms with Crippen molar-refractivity contribution in [2.24, 2.45) is 11.5 Å². The highest BCUT2D eigenvalue weighted by Gasteiger charge is 2.41. The van der Waals surface area contributed by atoms with E-state index < -0.39 is 35.4 Å². The topological polar surface area (TPSA) is 200 Å². The molecule has 13 nitrogen and oxygen atoms in total. The number of nitrogens with two attached hydrogens (primary N) is 2. The number of piperidine rings is 1. The van der Waals surface area contributed by atoms with Crippen molar-refractivity contribution in [1.82, 2.24) is 25.8 Å². The van der Waals surface area contributed by atoms with E-state index in [1.54, 1.807) is 18.7 Å². The summed E-state index contributed by atoms with van der Waals surface area (Å²) in [5, 5.41) is 18.2. The third-order valence-electron chi connectivity index (χ3n) is 9.24. The van der Waals surface area contributed by atoms with Crippen molar-refractivity contribution in [3.63, 3.8) is 0 Å². The molecule has 50 heavy (non-hydrogen) atoms. The Bertz CT molecular complexity index is 1400. The number of carbonyl (C=O) groups is 5. The lowest BCUT2D eigenvalue weighted by Gasteiger charge is -2.41. The molecule has 2 aromatic carbocycles. The number of benzene rings is 2. The van der Waals surface area contributed by atoms with Gasteiger partial charge in [0.05, 0.1) is 13.1 Å². The number of carboxylic acids is 1. The monoisotopic (exact) mass is 693 g/mol. The summed E-state index contributed by atoms with van der Waals surface area (Å²) in [7, 11) is 0. The first kappa shape index (κ1) is 40.1. The molecule has 0 bridgehead atoms. The molecule has 3 rings (SSSR count). The van der Waals surface area contributed by atoms with Crippen molar-refractivity contribution in [3.05, 3.63) is 71.8 Å². The summed E-state index contributed by atoms with van der Waals surface area (Å²) in [6.45, 7) is 6.63. The summed E-state index contributed by atoms with van der Waals surface area (Å²) in [5.74, 6) is -2.53. The van der Waals surface area contributed by atoms with Crippen LogP contribution in [0.1, 0.15) is 69.9 Å². The van der Waals surface area contributed by atoms with Gasteiger partial charge < -0.3 is 42.3 Å². The Kier molecular flexibility index (Phi) is 15.8. The second-order valence-corrected chi connectivity index (χ2v) is 13.5. The Morgan fingerprint density at radius 1 is 0.920 bits per heavy atom. The van der Waals surface area contributed by atoms with Gasteiger partial charge in [0.15, 0.2) is 0 Å². The quantitative estimate of drug-likeness (QED) is 0.118. The van der Waals surface area contributed by atoms with E-state index in [0.717, 1.165) is 11.1 Å². The molecule has 1 aliphatic heterocycles. The Morgan fingerprint density at radius 3 is 2.12 bits per heavy atom. The number of hydrogen-bond donors (Lipinski definition) is 6. The van der Waals surface area contributed by atoms with Crippen LogP contribution in [-0.4, -0.2) is 107 Å². The first-order valence-corrected chi connectivity index (χ1v) is 17.5. The zero-order valence-electron chi connectivity index (χ0n) is 29.6. The van der Waals surface area contributed by atoms with Gasteiger partial charge >= 0.3 is 5.97 Å². The van der Waals surface area contributed by atoms with Gasteiger partial charge in [-0.25, -0.2) is 0 Å². The highest BCUT2D eigenvalue weighted by atomic mass is 16.4. The third-order valence-corrected chi connectivity index (χ3v) is 9.24. The predicted octanol–water partition coefficient (Wildman–Crippen LogP) is 1.36. The Morgan fingerprint density at radius 2 is 1.54 bits per heavy atom. The summed E-state index contributed by atoms with van der Waals surface area (Å²) in [5.41, 5.74) is 12.4. The standard InChI is InChI=1S/C37H55N7O6/c1-26(2)44(31(16-10-11-19-38)35(48)43-20-17-37(39,18-21-43)36(49)50)33(46)25-41-34(47)30(22-28-12-6-4-7-13-28)42-32(45)24-40-23-27(3)29-14-8-5-9-15-29/h4-9,12-15,26-27,30-31,40H,10-11,16-25,38-39H2,1-3H3,(H,41,47)(H,42,45)(H,49,50)/t27-,30+,31?/m0/s1. The fraction of sp³-hybridized carbons (Fsp3) is 0.541. The number of amides is 4. The molecule has 1 unspecified atom stereocenters. The Balaban J connectivity index is 1.68. The predicted molar refractivity (Wildman–Crippen MR) is 192 cm³/mol. The molecule has 0 saturated carbocycles. The summed E-state index contributed by atoms with van der Waals surface area (Å²) < 4.78 is 0. The maximum atomic E-state index is 13.9. The van der Waals surface area contributed by atoms with Crippen LogP contribution in [0.3, 0.4) is 0 Å². The van der Waals surface area contributed by atoms with E-state index in [1.807, 2.05) is 60.7 Å². The van der Waals surface area contributed by atoms with Crippen molar-refractivity contribution < 1.29 is 29.1 Å². The molecule has 8 N–H and O–H groups in total. The molecule has 4 amide bonds. The van der Waals surface area contributed by atoms with Crippen LogP contribution in [0.4, 0.5) is 0 Å². The van der Waals surface area contributed by atoms with Gasteiger partial charge in [-0.3, -0.25) is 24.0 Å². The highest BCUT2D eigenvalue weighted by molar-refractivity contribution is 5.93. The molecule has 0 spiro atoms. The number of carbonyl (C=O) groups excluding carboxylic acids is 4. The number of rotatable bonds is 19. The van der Waals surface area contributed by atoms with Crippen LogP contribution in [0.2, 0.25) is 0 Å². The molecule has 0 aromatic heterocycles. The van der Waals surface area contributed by atoms with Crippen LogP contribution < -0.4 is 27.4 Å². The molecule has 13 heteroatoms. The number of aliphatic carboxylic acids is 1. The molecule has 0 radical (unpaired) electrons. The summed E-state index contributed by atoms with van der Waals surface area (Å²) in [6, 6.07) is 17.1. The van der Waals surface area contributed by atoms with E-state index in [0.29, 0.717) is 32.4 Å². The van der Waals surface area contributed by atoms with Gasteiger partial charge in [-0.1, -0.05) is 67.6 Å². The molecule has 3 atom stereocenters. The number of unbranched alkanes of at least 4 members (excludes halogenated alkanes) is 1. The number of nitrogens with zero attached hydrogens (tertiary/aromatic N) is 2. The lowest BCUT2D eigenvalue weighted by molar-refractivity contribution is -0.152. The summed E-state index contributed by atoms with van der Waals surface area (Å²) in [6.07, 6.45) is 2.04. The highest BCUT2D eigenvalue weighted by Crippen LogP contribution is 2.23. The van der Waals surface area contributed by atoms with Gasteiger partial charge in [-0.05, 0) is 69.5 Å². The minimum absolute atomic E-state index is 0.0105. The zero-order valence-corrected chi connectivity index (χ0v) is 29.6. The van der Waals surface area contributed by atoms with Crippen molar-refractivity contribution in [3.8, 4) is 0 Å². The zero-order chi connectivity index (χ0) is 36.7. The minimum atomic E-state index is -1.40. The average molecular weight is 694 g/mol. The van der Waals surface area contributed by atoms with Crippen LogP contribution >= 0.6 is 0 Å². The van der Waals surface area contributed by atoms with Crippen LogP contribution in [0.15, 0.2) is 60.7 Å². The maximum absolute atomic E-state index is 13.9. The van der Waals surface area contributed by atoms with Crippen LogP contribution in [0.25, 0.3) is 0 Å². The van der Waals surface area contributed by atoms with E-state index in [4.69, 9.17) is 11.5 Å². The molecule has 2 aromatic rings. The molecule has 0 aliphatic carbocycles. The first-order valence-electron chi connectivity index (χ1n) is 17.5. The Hall–Kier alpha value is -4.33. The van der Waals surface area contributed by atoms with Gasteiger partial charge in [0.2, 0.25) is 23.6 Å². The Labute approximate surface area is 295 Å². The van der Waals surface area contributed by atoms with Crippen molar-refractivity contribution in [2.45, 2.75) is 88.9 Å². The van der Waals surface area contributed by atoms with Gasteiger partial charge in [-0.15, -0.1) is 0 Å². The second kappa shape index (κ2) is 19.8. The number of nitrogens with one attached hydrogen (secondary N) is 3. The molecule has 1 saturated heterocycles. The fourth-order valence-electron chi connectivity index (χ4n) is 6.22. The van der Waals surface area contributed by atoms with Crippen LogP contribution in [0.5, 0.6) is 0 Å². The van der Waals surface area contributed by atoms with E-state index in [2.05, 4.69) is 22.9 Å². The van der Waals surface area contributed by atoms with E-state index >= 15 is 0 Å². The molecule has 274 valence electrons. The molecule has 1 heterocycles. The number of likely N-dealkylation sites (tertiary alicyclic amines) is 1. The normalized spacial score (nSPS) is 15.8. The van der Waals surface area contributed by atoms with Crippen molar-refractivity contribution in [2.75, 3.05) is 39.3 Å². The number of carboxylic acid groups (broad SMARTS) is 1. The smallest absolute Gasteiger partial charge is 0.323 e. The van der Waals surface area contributed by atoms with E-state index in [1.165, 1.54) is 4.90 Å². The molecule has 1 fully saturated rings. The lowest BCUT2D eigenvalue weighted by Crippen LogP contribution is -2.61.